The largest absolute Gasteiger partial charge is 0.493 e. The van der Waals surface area contributed by atoms with Crippen molar-refractivity contribution in [2.24, 2.45) is 0 Å². The highest BCUT2D eigenvalue weighted by molar-refractivity contribution is 6.31. The van der Waals surface area contributed by atoms with Crippen molar-refractivity contribution in [3.05, 3.63) is 88.2 Å². The quantitative estimate of drug-likeness (QED) is 0.600. The molecule has 2 aromatic carbocycles. The van der Waals surface area contributed by atoms with Crippen LogP contribution < -0.4 is 14.8 Å². The highest BCUT2D eigenvalue weighted by Gasteiger charge is 2.11. The van der Waals surface area contributed by atoms with Gasteiger partial charge in [0.1, 0.15) is 6.61 Å². The number of benzene rings is 2. The molecule has 0 aliphatic heterocycles. The summed E-state index contributed by atoms with van der Waals surface area (Å²) in [6, 6.07) is 16.0. The van der Waals surface area contributed by atoms with Crippen molar-refractivity contribution in [2.75, 3.05) is 7.11 Å². The van der Waals surface area contributed by atoms with Gasteiger partial charge >= 0.3 is 0 Å². The van der Waals surface area contributed by atoms with Gasteiger partial charge in [-0.15, -0.1) is 0 Å². The fourth-order valence-corrected chi connectivity index (χ4v) is 2.89. The number of hydrogen-bond acceptors (Lipinski definition) is 4. The molecule has 1 N–H and O–H groups in total. The average molecular weight is 383 g/mol. The molecule has 0 radical (unpaired) electrons. The number of nitrogens with zero attached hydrogens (tertiary/aromatic N) is 1. The Labute approximate surface area is 165 Å². The highest BCUT2D eigenvalue weighted by atomic mass is 35.5. The molecule has 27 heavy (non-hydrogen) atoms. The number of aromatic nitrogens is 1. The second-order valence-corrected chi connectivity index (χ2v) is 6.73. The predicted molar refractivity (Wildman–Crippen MR) is 108 cm³/mol. The van der Waals surface area contributed by atoms with Crippen molar-refractivity contribution in [3.63, 3.8) is 0 Å². The molecule has 0 spiro atoms. The topological polar surface area (TPSA) is 43.4 Å². The van der Waals surface area contributed by atoms with E-state index in [0.29, 0.717) is 29.7 Å². The summed E-state index contributed by atoms with van der Waals surface area (Å²) in [4.78, 5) is 4.02. The first kappa shape index (κ1) is 19.2. The van der Waals surface area contributed by atoms with Crippen LogP contribution in [0.4, 0.5) is 0 Å². The van der Waals surface area contributed by atoms with Crippen molar-refractivity contribution >= 4 is 11.6 Å². The molecule has 4 nitrogen and oxygen atoms in total. The molecular weight excluding hydrogens is 360 g/mol. The molecule has 0 saturated carbocycles. The maximum atomic E-state index is 6.46. The molecule has 0 fully saturated rings. The van der Waals surface area contributed by atoms with E-state index in [4.69, 9.17) is 21.1 Å². The second-order valence-electron chi connectivity index (χ2n) is 6.33. The summed E-state index contributed by atoms with van der Waals surface area (Å²) in [5, 5.41) is 4.03. The molecule has 3 rings (SSSR count). The van der Waals surface area contributed by atoms with E-state index >= 15 is 0 Å². The standard InChI is InChI=1S/C22H23ClN2O2/c1-16-3-5-18(6-4-16)15-27-22-12-20(23)19(11-21(22)26-2)14-25-13-17-7-9-24-10-8-17/h3-12,25H,13-15H2,1-2H3. The summed E-state index contributed by atoms with van der Waals surface area (Å²) in [6.45, 7) is 3.91. The van der Waals surface area contributed by atoms with Crippen LogP contribution in [0.5, 0.6) is 11.5 Å². The van der Waals surface area contributed by atoms with Crippen molar-refractivity contribution in [3.8, 4) is 11.5 Å². The molecule has 0 amide bonds. The third kappa shape index (κ3) is 5.46. The van der Waals surface area contributed by atoms with Gasteiger partial charge in [0.15, 0.2) is 11.5 Å². The molecule has 1 aromatic heterocycles. The van der Waals surface area contributed by atoms with Crippen LogP contribution in [0.1, 0.15) is 22.3 Å². The van der Waals surface area contributed by atoms with E-state index in [1.165, 1.54) is 11.1 Å². The van der Waals surface area contributed by atoms with Crippen molar-refractivity contribution in [1.82, 2.24) is 10.3 Å². The number of halogens is 1. The fourth-order valence-electron chi connectivity index (χ4n) is 2.67. The van der Waals surface area contributed by atoms with Crippen molar-refractivity contribution in [2.45, 2.75) is 26.6 Å². The number of pyridine rings is 1. The molecule has 0 atom stereocenters. The van der Waals surface area contributed by atoms with E-state index in [1.54, 1.807) is 19.5 Å². The predicted octanol–water partition coefficient (Wildman–Crippen LogP) is 4.92. The first-order chi connectivity index (χ1) is 13.2. The Balaban J connectivity index is 1.64. The zero-order valence-corrected chi connectivity index (χ0v) is 16.3. The minimum absolute atomic E-state index is 0.465. The molecule has 3 aromatic rings. The van der Waals surface area contributed by atoms with E-state index < -0.39 is 0 Å². The van der Waals surface area contributed by atoms with E-state index in [2.05, 4.69) is 41.5 Å². The molecule has 0 unspecified atom stereocenters. The maximum absolute atomic E-state index is 6.46. The molecule has 140 valence electrons. The summed E-state index contributed by atoms with van der Waals surface area (Å²) in [7, 11) is 1.64. The van der Waals surface area contributed by atoms with E-state index in [1.807, 2.05) is 24.3 Å². The summed E-state index contributed by atoms with van der Waals surface area (Å²) >= 11 is 6.46. The van der Waals surface area contributed by atoms with Crippen molar-refractivity contribution in [1.29, 1.82) is 0 Å². The molecule has 0 bridgehead atoms. The van der Waals surface area contributed by atoms with Crippen LogP contribution in [-0.2, 0) is 19.7 Å². The Morgan fingerprint density at radius 1 is 0.926 bits per heavy atom. The minimum atomic E-state index is 0.465. The summed E-state index contributed by atoms with van der Waals surface area (Å²) in [5.41, 5.74) is 4.46. The summed E-state index contributed by atoms with van der Waals surface area (Å²) in [5.74, 6) is 1.31. The first-order valence-corrected chi connectivity index (χ1v) is 9.18. The van der Waals surface area contributed by atoms with Gasteiger partial charge in [-0.2, -0.15) is 0 Å². The lowest BCUT2D eigenvalue weighted by molar-refractivity contribution is 0.284. The number of ether oxygens (including phenoxy) is 2. The number of rotatable bonds is 8. The molecule has 1 heterocycles. The van der Waals surface area contributed by atoms with Crippen molar-refractivity contribution < 1.29 is 9.47 Å². The van der Waals surface area contributed by atoms with Gasteiger partial charge in [-0.3, -0.25) is 4.98 Å². The minimum Gasteiger partial charge on any atom is -0.493 e. The van der Waals surface area contributed by atoms with Gasteiger partial charge < -0.3 is 14.8 Å². The van der Waals surface area contributed by atoms with Gasteiger partial charge in [0, 0.05) is 36.6 Å². The number of aryl methyl sites for hydroxylation is 1. The van der Waals surface area contributed by atoms with E-state index in [-0.39, 0.29) is 0 Å². The molecule has 0 saturated heterocycles. The number of nitrogens with one attached hydrogen (secondary N) is 1. The summed E-state index contributed by atoms with van der Waals surface area (Å²) < 4.78 is 11.4. The smallest absolute Gasteiger partial charge is 0.163 e. The van der Waals surface area contributed by atoms with Gasteiger partial charge in [0.25, 0.3) is 0 Å². The van der Waals surface area contributed by atoms with Crippen LogP contribution >= 0.6 is 11.6 Å². The fraction of sp³-hybridized carbons (Fsp3) is 0.227. The Hall–Kier alpha value is -2.56. The van der Waals surface area contributed by atoms with E-state index in [0.717, 1.165) is 17.7 Å². The lowest BCUT2D eigenvalue weighted by atomic mass is 10.1. The number of hydrogen-bond donors (Lipinski definition) is 1. The van der Waals surface area contributed by atoms with Crippen LogP contribution in [0.3, 0.4) is 0 Å². The molecular formula is C22H23ClN2O2. The van der Waals surface area contributed by atoms with Crippen LogP contribution in [-0.4, -0.2) is 12.1 Å². The monoisotopic (exact) mass is 382 g/mol. The zero-order chi connectivity index (χ0) is 19.1. The Morgan fingerprint density at radius 2 is 1.67 bits per heavy atom. The van der Waals surface area contributed by atoms with Crippen LogP contribution in [0, 0.1) is 6.92 Å². The Kier molecular flexibility index (Phi) is 6.69. The third-order valence-corrected chi connectivity index (χ3v) is 4.59. The average Bonchev–Trinajstić information content (AvgIpc) is 2.69. The number of methoxy groups -OCH3 is 1. The Bertz CT molecular complexity index is 867. The van der Waals surface area contributed by atoms with Crippen LogP contribution in [0.15, 0.2) is 60.9 Å². The van der Waals surface area contributed by atoms with E-state index in [9.17, 15) is 0 Å². The van der Waals surface area contributed by atoms with Crippen LogP contribution in [0.25, 0.3) is 0 Å². The maximum Gasteiger partial charge on any atom is 0.163 e. The summed E-state index contributed by atoms with van der Waals surface area (Å²) in [6.07, 6.45) is 3.57. The normalized spacial score (nSPS) is 10.6. The van der Waals surface area contributed by atoms with Gasteiger partial charge in [0.2, 0.25) is 0 Å². The third-order valence-electron chi connectivity index (χ3n) is 4.24. The van der Waals surface area contributed by atoms with Gasteiger partial charge in [-0.05, 0) is 41.8 Å². The van der Waals surface area contributed by atoms with Gasteiger partial charge in [-0.1, -0.05) is 41.4 Å². The lowest BCUT2D eigenvalue weighted by Gasteiger charge is -2.14. The molecule has 0 aliphatic carbocycles. The second kappa shape index (κ2) is 9.40. The van der Waals surface area contributed by atoms with Crippen LogP contribution in [0.2, 0.25) is 5.02 Å². The Morgan fingerprint density at radius 3 is 2.37 bits per heavy atom. The molecule has 5 heteroatoms. The highest BCUT2D eigenvalue weighted by Crippen LogP contribution is 2.34. The first-order valence-electron chi connectivity index (χ1n) is 8.80. The van der Waals surface area contributed by atoms with Gasteiger partial charge in [-0.25, -0.2) is 0 Å². The SMILES string of the molecule is COc1cc(CNCc2ccncc2)c(Cl)cc1OCc1ccc(C)cc1. The zero-order valence-electron chi connectivity index (χ0n) is 15.5. The molecule has 0 aliphatic rings. The lowest BCUT2D eigenvalue weighted by Crippen LogP contribution is -2.13. The van der Waals surface area contributed by atoms with Gasteiger partial charge in [0.05, 0.1) is 7.11 Å².